The predicted octanol–water partition coefficient (Wildman–Crippen LogP) is 2.36. The normalized spacial score (nSPS) is 9.60. The molecule has 1 aromatic carbocycles. The van der Waals surface area contributed by atoms with Crippen LogP contribution in [0.5, 0.6) is 5.75 Å². The molecular weight excluding hydrogens is 190 g/mol. The predicted molar refractivity (Wildman–Crippen MR) is 57.8 cm³/mol. The SMILES string of the molecule is CCOCCCOc1ccccc1C#N. The standard InChI is InChI=1S/C12H15NO2/c1-2-14-8-5-9-15-12-7-4-3-6-11(12)10-13/h3-4,6-7H,2,5,8-9H2,1H3. The van der Waals surface area contributed by atoms with E-state index < -0.39 is 0 Å². The van der Waals surface area contributed by atoms with Crippen LogP contribution in [0.1, 0.15) is 18.9 Å². The zero-order valence-corrected chi connectivity index (χ0v) is 8.90. The highest BCUT2D eigenvalue weighted by Crippen LogP contribution is 2.16. The highest BCUT2D eigenvalue weighted by molar-refractivity contribution is 5.42. The number of rotatable bonds is 6. The second kappa shape index (κ2) is 6.86. The molecule has 3 heteroatoms. The molecule has 0 N–H and O–H groups in total. The van der Waals surface area contributed by atoms with Crippen molar-refractivity contribution in [1.29, 1.82) is 5.26 Å². The monoisotopic (exact) mass is 205 g/mol. The fourth-order valence-corrected chi connectivity index (χ4v) is 1.17. The van der Waals surface area contributed by atoms with Gasteiger partial charge in [0, 0.05) is 19.6 Å². The fraction of sp³-hybridized carbons (Fsp3) is 0.417. The molecule has 15 heavy (non-hydrogen) atoms. The molecule has 0 aliphatic heterocycles. The molecule has 0 atom stereocenters. The molecule has 0 radical (unpaired) electrons. The van der Waals surface area contributed by atoms with Crippen LogP contribution >= 0.6 is 0 Å². The second-order valence-corrected chi connectivity index (χ2v) is 3.01. The van der Waals surface area contributed by atoms with Crippen molar-refractivity contribution >= 4 is 0 Å². The van der Waals surface area contributed by atoms with Crippen molar-refractivity contribution in [3.8, 4) is 11.8 Å². The zero-order chi connectivity index (χ0) is 10.9. The van der Waals surface area contributed by atoms with E-state index in [4.69, 9.17) is 14.7 Å². The van der Waals surface area contributed by atoms with Crippen LogP contribution in [0.15, 0.2) is 24.3 Å². The summed E-state index contributed by atoms with van der Waals surface area (Å²) < 4.78 is 10.7. The van der Waals surface area contributed by atoms with Crippen LogP contribution in [0.3, 0.4) is 0 Å². The van der Waals surface area contributed by atoms with Gasteiger partial charge in [-0.05, 0) is 19.1 Å². The molecule has 0 spiro atoms. The number of nitrogens with zero attached hydrogens (tertiary/aromatic N) is 1. The van der Waals surface area contributed by atoms with E-state index in [1.54, 1.807) is 12.1 Å². The Labute approximate surface area is 90.2 Å². The summed E-state index contributed by atoms with van der Waals surface area (Å²) in [6.45, 7) is 3.98. The van der Waals surface area contributed by atoms with Gasteiger partial charge in [-0.2, -0.15) is 5.26 Å². The summed E-state index contributed by atoms with van der Waals surface area (Å²) in [6.07, 6.45) is 0.841. The fourth-order valence-electron chi connectivity index (χ4n) is 1.17. The van der Waals surface area contributed by atoms with Gasteiger partial charge in [-0.3, -0.25) is 0 Å². The Kier molecular flexibility index (Phi) is 5.28. The Morgan fingerprint density at radius 3 is 2.80 bits per heavy atom. The van der Waals surface area contributed by atoms with Gasteiger partial charge >= 0.3 is 0 Å². The molecule has 0 aliphatic rings. The summed E-state index contributed by atoms with van der Waals surface area (Å²) >= 11 is 0. The van der Waals surface area contributed by atoms with E-state index in [2.05, 4.69) is 6.07 Å². The molecule has 0 amide bonds. The Bertz CT molecular complexity index is 331. The molecule has 0 fully saturated rings. The molecule has 1 aromatic rings. The van der Waals surface area contributed by atoms with E-state index >= 15 is 0 Å². The molecule has 0 saturated carbocycles. The maximum atomic E-state index is 8.80. The summed E-state index contributed by atoms with van der Waals surface area (Å²) in [5.41, 5.74) is 0.578. The van der Waals surface area contributed by atoms with Crippen molar-refractivity contribution in [2.75, 3.05) is 19.8 Å². The smallest absolute Gasteiger partial charge is 0.137 e. The molecule has 0 aromatic heterocycles. The van der Waals surface area contributed by atoms with Gasteiger partial charge in [0.1, 0.15) is 11.8 Å². The molecule has 0 heterocycles. The van der Waals surface area contributed by atoms with E-state index in [-0.39, 0.29) is 0 Å². The van der Waals surface area contributed by atoms with Gasteiger partial charge in [0.2, 0.25) is 0 Å². The van der Waals surface area contributed by atoms with Crippen LogP contribution < -0.4 is 4.74 Å². The first kappa shape index (κ1) is 11.5. The van der Waals surface area contributed by atoms with E-state index in [1.807, 2.05) is 19.1 Å². The third kappa shape index (κ3) is 4.01. The largest absolute Gasteiger partial charge is 0.492 e. The number of ether oxygens (including phenoxy) is 2. The topological polar surface area (TPSA) is 42.2 Å². The summed E-state index contributed by atoms with van der Waals surface area (Å²) in [7, 11) is 0. The molecule has 1 rings (SSSR count). The maximum absolute atomic E-state index is 8.80. The number of benzene rings is 1. The molecule has 3 nitrogen and oxygen atoms in total. The first-order chi connectivity index (χ1) is 7.38. The highest BCUT2D eigenvalue weighted by atomic mass is 16.5. The van der Waals surface area contributed by atoms with E-state index in [0.717, 1.165) is 13.0 Å². The maximum Gasteiger partial charge on any atom is 0.137 e. The van der Waals surface area contributed by atoms with Crippen LogP contribution in [-0.2, 0) is 4.74 Å². The lowest BCUT2D eigenvalue weighted by Crippen LogP contribution is -2.03. The first-order valence-corrected chi connectivity index (χ1v) is 5.08. The van der Waals surface area contributed by atoms with Gasteiger partial charge < -0.3 is 9.47 Å². The molecule has 80 valence electrons. The van der Waals surface area contributed by atoms with E-state index in [9.17, 15) is 0 Å². The molecule has 0 saturated heterocycles. The molecule has 0 bridgehead atoms. The number of hydrogen-bond acceptors (Lipinski definition) is 3. The summed E-state index contributed by atoms with van der Waals surface area (Å²) in [5, 5.41) is 8.80. The van der Waals surface area contributed by atoms with Crippen LogP contribution in [0.25, 0.3) is 0 Å². The molecule has 0 aliphatic carbocycles. The summed E-state index contributed by atoms with van der Waals surface area (Å²) in [6, 6.07) is 9.33. The number of para-hydroxylation sites is 1. The lowest BCUT2D eigenvalue weighted by Gasteiger charge is -2.07. The Morgan fingerprint density at radius 2 is 2.07 bits per heavy atom. The van der Waals surface area contributed by atoms with Crippen molar-refractivity contribution < 1.29 is 9.47 Å². The van der Waals surface area contributed by atoms with Crippen molar-refractivity contribution in [1.82, 2.24) is 0 Å². The lowest BCUT2D eigenvalue weighted by molar-refractivity contribution is 0.131. The minimum absolute atomic E-state index is 0.578. The summed E-state index contributed by atoms with van der Waals surface area (Å²) in [5.74, 6) is 0.650. The van der Waals surface area contributed by atoms with Crippen molar-refractivity contribution in [2.45, 2.75) is 13.3 Å². The van der Waals surface area contributed by atoms with Gasteiger partial charge in [-0.25, -0.2) is 0 Å². The quantitative estimate of drug-likeness (QED) is 0.669. The van der Waals surface area contributed by atoms with Gasteiger partial charge in [0.15, 0.2) is 0 Å². The Balaban J connectivity index is 2.34. The minimum atomic E-state index is 0.578. The van der Waals surface area contributed by atoms with Crippen molar-refractivity contribution in [2.24, 2.45) is 0 Å². The zero-order valence-electron chi connectivity index (χ0n) is 8.90. The van der Waals surface area contributed by atoms with Crippen molar-refractivity contribution in [3.05, 3.63) is 29.8 Å². The van der Waals surface area contributed by atoms with Crippen molar-refractivity contribution in [3.63, 3.8) is 0 Å². The van der Waals surface area contributed by atoms with Gasteiger partial charge in [-0.1, -0.05) is 12.1 Å². The van der Waals surface area contributed by atoms with Crippen LogP contribution in [-0.4, -0.2) is 19.8 Å². The lowest BCUT2D eigenvalue weighted by atomic mass is 10.2. The second-order valence-electron chi connectivity index (χ2n) is 3.01. The van der Waals surface area contributed by atoms with E-state index in [1.165, 1.54) is 0 Å². The number of hydrogen-bond donors (Lipinski definition) is 0. The molecular formula is C12H15NO2. The van der Waals surface area contributed by atoms with Gasteiger partial charge in [0.25, 0.3) is 0 Å². The number of nitriles is 1. The third-order valence-electron chi connectivity index (χ3n) is 1.90. The average molecular weight is 205 g/mol. The summed E-state index contributed by atoms with van der Waals surface area (Å²) in [4.78, 5) is 0. The Morgan fingerprint density at radius 1 is 1.27 bits per heavy atom. The van der Waals surface area contributed by atoms with E-state index in [0.29, 0.717) is 24.5 Å². The average Bonchev–Trinajstić information content (AvgIpc) is 2.29. The van der Waals surface area contributed by atoms with Gasteiger partial charge in [0.05, 0.1) is 12.2 Å². The first-order valence-electron chi connectivity index (χ1n) is 5.08. The minimum Gasteiger partial charge on any atom is -0.492 e. The van der Waals surface area contributed by atoms with Crippen LogP contribution in [0.2, 0.25) is 0 Å². The van der Waals surface area contributed by atoms with Crippen LogP contribution in [0, 0.1) is 11.3 Å². The third-order valence-corrected chi connectivity index (χ3v) is 1.90. The molecule has 0 unspecified atom stereocenters. The van der Waals surface area contributed by atoms with Gasteiger partial charge in [-0.15, -0.1) is 0 Å². The highest BCUT2D eigenvalue weighted by Gasteiger charge is 2.00. The Hall–Kier alpha value is -1.53. The van der Waals surface area contributed by atoms with Crippen LogP contribution in [0.4, 0.5) is 0 Å².